The molecule has 0 aromatic heterocycles. The SMILES string of the molecule is C[C@H](NC(=S)NC(=O)c1ccccc1I)C12CC3CC(CC(C3)C1)C2. The normalized spacial score (nSPS) is 33.8. The molecule has 5 heteroatoms. The Morgan fingerprint density at radius 2 is 1.72 bits per heavy atom. The molecule has 3 nitrogen and oxygen atoms in total. The van der Waals surface area contributed by atoms with Crippen LogP contribution in [0.1, 0.15) is 55.8 Å². The van der Waals surface area contributed by atoms with Gasteiger partial charge in [0.25, 0.3) is 5.91 Å². The second kappa shape index (κ2) is 6.80. The number of hydrogen-bond donors (Lipinski definition) is 2. The first-order valence-corrected chi connectivity index (χ1v) is 10.8. The molecule has 1 amide bonds. The highest BCUT2D eigenvalue weighted by atomic mass is 127. The molecule has 4 aliphatic rings. The average molecular weight is 468 g/mol. The van der Waals surface area contributed by atoms with Crippen LogP contribution in [0.3, 0.4) is 0 Å². The van der Waals surface area contributed by atoms with Gasteiger partial charge < -0.3 is 5.32 Å². The van der Waals surface area contributed by atoms with Crippen molar-refractivity contribution in [3.8, 4) is 0 Å². The van der Waals surface area contributed by atoms with Crippen LogP contribution in [0.15, 0.2) is 24.3 Å². The van der Waals surface area contributed by atoms with E-state index in [0.29, 0.717) is 22.1 Å². The quantitative estimate of drug-likeness (QED) is 0.507. The van der Waals surface area contributed by atoms with E-state index in [1.165, 1.54) is 38.5 Å². The molecule has 5 rings (SSSR count). The summed E-state index contributed by atoms with van der Waals surface area (Å²) in [5.41, 5.74) is 1.06. The highest BCUT2D eigenvalue weighted by Crippen LogP contribution is 2.61. The summed E-state index contributed by atoms with van der Waals surface area (Å²) in [7, 11) is 0. The summed E-state index contributed by atoms with van der Waals surface area (Å²) in [4.78, 5) is 12.5. The first kappa shape index (κ1) is 17.7. The number of thiocarbonyl (C=S) groups is 1. The number of nitrogens with one attached hydrogen (secondary N) is 2. The standard InChI is InChI=1S/C20H25IN2OS/c1-12(20-9-13-6-14(10-20)8-15(7-13)11-20)22-19(25)23-18(24)16-4-2-3-5-17(16)21/h2-5,12-15H,6-11H2,1H3,(H2,22,23,24,25)/t12-,13?,14?,15?,20?/m0/s1. The van der Waals surface area contributed by atoms with E-state index in [2.05, 4.69) is 40.1 Å². The van der Waals surface area contributed by atoms with Gasteiger partial charge in [0.2, 0.25) is 0 Å². The summed E-state index contributed by atoms with van der Waals surface area (Å²) >= 11 is 7.64. The number of carbonyl (C=O) groups excluding carboxylic acids is 1. The van der Waals surface area contributed by atoms with Gasteiger partial charge in [-0.05, 0) is 116 Å². The first-order chi connectivity index (χ1) is 11.9. The predicted octanol–water partition coefficient (Wildman–Crippen LogP) is 4.50. The summed E-state index contributed by atoms with van der Waals surface area (Å²) in [6.07, 6.45) is 8.33. The molecular formula is C20H25IN2OS. The van der Waals surface area contributed by atoms with Crippen LogP contribution in [0.25, 0.3) is 0 Å². The van der Waals surface area contributed by atoms with Crippen molar-refractivity contribution < 1.29 is 4.79 Å². The third kappa shape index (κ3) is 3.46. The van der Waals surface area contributed by atoms with E-state index >= 15 is 0 Å². The lowest BCUT2D eigenvalue weighted by atomic mass is 9.48. The number of halogens is 1. The molecule has 4 saturated carbocycles. The van der Waals surface area contributed by atoms with Gasteiger partial charge in [-0.15, -0.1) is 0 Å². The highest BCUT2D eigenvalue weighted by molar-refractivity contribution is 14.1. The van der Waals surface area contributed by atoms with Gasteiger partial charge in [0.1, 0.15) is 0 Å². The molecule has 4 bridgehead atoms. The van der Waals surface area contributed by atoms with Crippen molar-refractivity contribution in [1.29, 1.82) is 0 Å². The Kier molecular flexibility index (Phi) is 4.82. The maximum atomic E-state index is 12.5. The molecule has 134 valence electrons. The fourth-order valence-electron chi connectivity index (χ4n) is 5.91. The van der Waals surface area contributed by atoms with Gasteiger partial charge >= 0.3 is 0 Å². The minimum Gasteiger partial charge on any atom is -0.359 e. The summed E-state index contributed by atoms with van der Waals surface area (Å²) in [5.74, 6) is 2.64. The van der Waals surface area contributed by atoms with Gasteiger partial charge in [-0.2, -0.15) is 0 Å². The van der Waals surface area contributed by atoms with Crippen molar-refractivity contribution in [3.63, 3.8) is 0 Å². The Balaban J connectivity index is 1.39. The van der Waals surface area contributed by atoms with Crippen molar-refractivity contribution in [1.82, 2.24) is 10.6 Å². The van der Waals surface area contributed by atoms with Crippen molar-refractivity contribution >= 4 is 45.8 Å². The van der Waals surface area contributed by atoms with Crippen molar-refractivity contribution in [2.24, 2.45) is 23.2 Å². The summed E-state index contributed by atoms with van der Waals surface area (Å²) in [6, 6.07) is 7.91. The molecule has 0 radical (unpaired) electrons. The van der Waals surface area contributed by atoms with Crippen molar-refractivity contribution in [2.75, 3.05) is 0 Å². The molecule has 0 spiro atoms. The van der Waals surface area contributed by atoms with E-state index in [0.717, 1.165) is 21.3 Å². The number of amides is 1. The first-order valence-electron chi connectivity index (χ1n) is 9.31. The van der Waals surface area contributed by atoms with Crippen LogP contribution in [0.2, 0.25) is 0 Å². The van der Waals surface area contributed by atoms with Gasteiger partial charge in [-0.25, -0.2) is 0 Å². The second-order valence-corrected chi connectivity index (χ2v) is 9.98. The van der Waals surface area contributed by atoms with Gasteiger partial charge in [0.05, 0.1) is 5.56 Å². The zero-order chi connectivity index (χ0) is 17.6. The summed E-state index contributed by atoms with van der Waals surface area (Å²) < 4.78 is 0.939. The zero-order valence-corrected chi connectivity index (χ0v) is 17.5. The number of rotatable bonds is 3. The second-order valence-electron chi connectivity index (χ2n) is 8.41. The topological polar surface area (TPSA) is 41.1 Å². The van der Waals surface area contributed by atoms with E-state index in [4.69, 9.17) is 12.2 Å². The van der Waals surface area contributed by atoms with Crippen LogP contribution in [0.4, 0.5) is 0 Å². The molecule has 4 aliphatic carbocycles. The molecule has 4 fully saturated rings. The third-order valence-electron chi connectivity index (χ3n) is 6.70. The van der Waals surface area contributed by atoms with Crippen LogP contribution < -0.4 is 10.6 Å². The fourth-order valence-corrected chi connectivity index (χ4v) is 6.81. The maximum Gasteiger partial charge on any atom is 0.258 e. The Hall–Kier alpha value is -0.690. The van der Waals surface area contributed by atoms with Crippen LogP contribution in [-0.2, 0) is 0 Å². The van der Waals surface area contributed by atoms with E-state index in [-0.39, 0.29) is 5.91 Å². The molecule has 1 aromatic rings. The van der Waals surface area contributed by atoms with Gasteiger partial charge in [-0.1, -0.05) is 12.1 Å². The molecule has 0 saturated heterocycles. The Morgan fingerprint density at radius 3 is 2.28 bits per heavy atom. The number of hydrogen-bond acceptors (Lipinski definition) is 2. The van der Waals surface area contributed by atoms with Crippen LogP contribution in [0.5, 0.6) is 0 Å². The van der Waals surface area contributed by atoms with Gasteiger partial charge in [-0.3, -0.25) is 10.1 Å². The minimum absolute atomic E-state index is 0.125. The summed E-state index contributed by atoms with van der Waals surface area (Å²) in [6.45, 7) is 2.26. The molecule has 0 unspecified atom stereocenters. The molecular weight excluding hydrogens is 443 g/mol. The lowest BCUT2D eigenvalue weighted by Crippen LogP contribution is -2.57. The number of benzene rings is 1. The van der Waals surface area contributed by atoms with Crippen molar-refractivity contribution in [2.45, 2.75) is 51.5 Å². The highest BCUT2D eigenvalue weighted by Gasteiger charge is 2.53. The predicted molar refractivity (Wildman–Crippen MR) is 112 cm³/mol. The Labute approximate surface area is 168 Å². The van der Waals surface area contributed by atoms with Gasteiger partial charge in [0.15, 0.2) is 5.11 Å². The number of carbonyl (C=O) groups is 1. The van der Waals surface area contributed by atoms with E-state index in [1.807, 2.05) is 24.3 Å². The largest absolute Gasteiger partial charge is 0.359 e. The molecule has 0 heterocycles. The van der Waals surface area contributed by atoms with Crippen molar-refractivity contribution in [3.05, 3.63) is 33.4 Å². The maximum absolute atomic E-state index is 12.5. The van der Waals surface area contributed by atoms with Crippen LogP contribution in [-0.4, -0.2) is 17.1 Å². The average Bonchev–Trinajstić information content (AvgIpc) is 2.53. The van der Waals surface area contributed by atoms with E-state index in [9.17, 15) is 4.79 Å². The lowest BCUT2D eigenvalue weighted by molar-refractivity contribution is -0.0672. The molecule has 1 atom stereocenters. The van der Waals surface area contributed by atoms with Crippen LogP contribution >= 0.6 is 34.8 Å². The van der Waals surface area contributed by atoms with Crippen LogP contribution in [0, 0.1) is 26.7 Å². The smallest absolute Gasteiger partial charge is 0.258 e. The van der Waals surface area contributed by atoms with Gasteiger partial charge in [0, 0.05) is 9.61 Å². The molecule has 2 N–H and O–H groups in total. The Morgan fingerprint density at radius 1 is 1.16 bits per heavy atom. The van der Waals surface area contributed by atoms with E-state index in [1.54, 1.807) is 0 Å². The molecule has 0 aliphatic heterocycles. The van der Waals surface area contributed by atoms with E-state index < -0.39 is 0 Å². The summed E-state index contributed by atoms with van der Waals surface area (Å²) in [5, 5.41) is 6.80. The third-order valence-corrected chi connectivity index (χ3v) is 7.86. The minimum atomic E-state index is -0.125. The lowest BCUT2D eigenvalue weighted by Gasteiger charge is -2.59. The zero-order valence-electron chi connectivity index (χ0n) is 14.6. The Bertz CT molecular complexity index is 669. The monoisotopic (exact) mass is 468 g/mol. The molecule has 25 heavy (non-hydrogen) atoms. The molecule has 1 aromatic carbocycles. The fraction of sp³-hybridized carbons (Fsp3) is 0.600.